The lowest BCUT2D eigenvalue weighted by atomic mass is 9.92. The number of hydrogen-bond donors (Lipinski definition) is 1. The Balaban J connectivity index is 2.14. The molecule has 0 amide bonds. The Bertz CT molecular complexity index is 371. The van der Waals surface area contributed by atoms with Gasteiger partial charge in [0.2, 0.25) is 0 Å². The van der Waals surface area contributed by atoms with Crippen LogP contribution in [0.5, 0.6) is 0 Å². The highest BCUT2D eigenvalue weighted by atomic mass is 19.1. The van der Waals surface area contributed by atoms with Gasteiger partial charge >= 0.3 is 0 Å². The summed E-state index contributed by atoms with van der Waals surface area (Å²) in [6.45, 7) is 2.09. The summed E-state index contributed by atoms with van der Waals surface area (Å²) in [5, 5.41) is 10.3. The van der Waals surface area contributed by atoms with Crippen molar-refractivity contribution in [3.05, 3.63) is 35.4 Å². The lowest BCUT2D eigenvalue weighted by Gasteiger charge is -2.22. The highest BCUT2D eigenvalue weighted by Crippen LogP contribution is 2.36. The lowest BCUT2D eigenvalue weighted by molar-refractivity contribution is 0.0445. The van der Waals surface area contributed by atoms with E-state index in [-0.39, 0.29) is 0 Å². The third-order valence-electron chi connectivity index (χ3n) is 3.29. The van der Waals surface area contributed by atoms with Crippen LogP contribution in [-0.2, 0) is 6.42 Å². The third-order valence-corrected chi connectivity index (χ3v) is 3.29. The summed E-state index contributed by atoms with van der Waals surface area (Å²) in [7, 11) is 0. The van der Waals surface area contributed by atoms with Crippen molar-refractivity contribution >= 4 is 0 Å². The lowest BCUT2D eigenvalue weighted by Crippen LogP contribution is -2.27. The van der Waals surface area contributed by atoms with Crippen LogP contribution in [-0.4, -0.2) is 10.7 Å². The summed E-state index contributed by atoms with van der Waals surface area (Å²) in [4.78, 5) is 0. The van der Waals surface area contributed by atoms with Gasteiger partial charge in [-0.3, -0.25) is 0 Å². The summed E-state index contributed by atoms with van der Waals surface area (Å²) in [6, 6.07) is 3.44. The second kappa shape index (κ2) is 4.13. The van der Waals surface area contributed by atoms with Gasteiger partial charge in [-0.05, 0) is 42.9 Å². The van der Waals surface area contributed by atoms with Gasteiger partial charge in [0.15, 0.2) is 0 Å². The second-order valence-electron chi connectivity index (χ2n) is 5.03. The van der Waals surface area contributed by atoms with Crippen molar-refractivity contribution in [1.29, 1.82) is 0 Å². The maximum Gasteiger partial charge on any atom is 0.126 e. The quantitative estimate of drug-likeness (QED) is 0.821. The fourth-order valence-electron chi connectivity index (χ4n) is 2.62. The van der Waals surface area contributed by atoms with E-state index in [1.165, 1.54) is 12.1 Å². The number of aliphatic hydroxyl groups is 1. The molecule has 2 atom stereocenters. The number of rotatable bonds is 2. The molecule has 88 valence electrons. The molecule has 1 aromatic rings. The molecule has 0 bridgehead atoms. The van der Waals surface area contributed by atoms with Crippen LogP contribution in [0.1, 0.15) is 31.7 Å². The predicted molar refractivity (Wildman–Crippen MR) is 58.0 cm³/mol. The van der Waals surface area contributed by atoms with E-state index in [0.717, 1.165) is 12.5 Å². The summed E-state index contributed by atoms with van der Waals surface area (Å²) in [5.41, 5.74) is -0.242. The van der Waals surface area contributed by atoms with E-state index in [0.29, 0.717) is 30.7 Å². The molecule has 1 N–H and O–H groups in total. The van der Waals surface area contributed by atoms with E-state index in [1.807, 2.05) is 0 Å². The van der Waals surface area contributed by atoms with E-state index in [1.54, 1.807) is 0 Å². The topological polar surface area (TPSA) is 20.2 Å². The standard InChI is InChI=1S/C13H16F2O/c1-9-2-3-13(16,7-9)8-10-4-11(14)6-12(15)5-10/h4-6,9,16H,2-3,7-8H2,1H3. The van der Waals surface area contributed by atoms with E-state index in [9.17, 15) is 13.9 Å². The largest absolute Gasteiger partial charge is 0.390 e. The zero-order chi connectivity index (χ0) is 11.8. The summed E-state index contributed by atoms with van der Waals surface area (Å²) in [6.07, 6.45) is 2.75. The monoisotopic (exact) mass is 226 g/mol. The summed E-state index contributed by atoms with van der Waals surface area (Å²) >= 11 is 0. The first kappa shape index (κ1) is 11.5. The Morgan fingerprint density at radius 2 is 1.94 bits per heavy atom. The van der Waals surface area contributed by atoms with E-state index >= 15 is 0 Å². The van der Waals surface area contributed by atoms with Gasteiger partial charge in [0, 0.05) is 12.5 Å². The molecule has 1 aromatic carbocycles. The minimum Gasteiger partial charge on any atom is -0.390 e. The molecular formula is C13H16F2O. The van der Waals surface area contributed by atoms with Gasteiger partial charge in [0.25, 0.3) is 0 Å². The molecule has 1 aliphatic rings. The van der Waals surface area contributed by atoms with Crippen LogP contribution in [0.15, 0.2) is 18.2 Å². The van der Waals surface area contributed by atoms with Gasteiger partial charge in [0.1, 0.15) is 11.6 Å². The minimum atomic E-state index is -0.778. The first-order valence-corrected chi connectivity index (χ1v) is 5.64. The first-order chi connectivity index (χ1) is 7.47. The molecular weight excluding hydrogens is 210 g/mol. The van der Waals surface area contributed by atoms with Crippen LogP contribution in [0.2, 0.25) is 0 Å². The molecule has 16 heavy (non-hydrogen) atoms. The van der Waals surface area contributed by atoms with Crippen LogP contribution < -0.4 is 0 Å². The van der Waals surface area contributed by atoms with Crippen LogP contribution in [0.3, 0.4) is 0 Å². The SMILES string of the molecule is CC1CCC(O)(Cc2cc(F)cc(F)c2)C1. The smallest absolute Gasteiger partial charge is 0.126 e. The molecule has 3 heteroatoms. The molecule has 1 nitrogen and oxygen atoms in total. The van der Waals surface area contributed by atoms with Crippen molar-refractivity contribution in [2.24, 2.45) is 5.92 Å². The van der Waals surface area contributed by atoms with Crippen LogP contribution in [0.4, 0.5) is 8.78 Å². The van der Waals surface area contributed by atoms with Crippen molar-refractivity contribution in [3.8, 4) is 0 Å². The van der Waals surface area contributed by atoms with E-state index < -0.39 is 17.2 Å². The molecule has 0 saturated heterocycles. The fourth-order valence-corrected chi connectivity index (χ4v) is 2.62. The molecule has 1 saturated carbocycles. The van der Waals surface area contributed by atoms with Crippen molar-refractivity contribution in [2.75, 3.05) is 0 Å². The number of benzene rings is 1. The maximum absolute atomic E-state index is 13.0. The molecule has 0 spiro atoms. The molecule has 2 rings (SSSR count). The van der Waals surface area contributed by atoms with Crippen molar-refractivity contribution in [2.45, 2.75) is 38.2 Å². The molecule has 0 aromatic heterocycles. The Hall–Kier alpha value is -0.960. The normalized spacial score (nSPS) is 29.6. The van der Waals surface area contributed by atoms with Gasteiger partial charge in [-0.15, -0.1) is 0 Å². The Kier molecular flexibility index (Phi) is 2.98. The van der Waals surface area contributed by atoms with Gasteiger partial charge in [-0.1, -0.05) is 6.92 Å². The minimum absolute atomic E-state index is 0.339. The average Bonchev–Trinajstić information content (AvgIpc) is 2.43. The molecule has 0 aliphatic heterocycles. The molecule has 1 fully saturated rings. The van der Waals surface area contributed by atoms with Gasteiger partial charge in [-0.2, -0.15) is 0 Å². The van der Waals surface area contributed by atoms with Crippen LogP contribution in [0.25, 0.3) is 0 Å². The molecule has 0 heterocycles. The van der Waals surface area contributed by atoms with E-state index in [4.69, 9.17) is 0 Å². The number of halogens is 2. The summed E-state index contributed by atoms with van der Waals surface area (Å²) in [5.74, 6) is -0.669. The van der Waals surface area contributed by atoms with Gasteiger partial charge in [0.05, 0.1) is 5.60 Å². The highest BCUT2D eigenvalue weighted by molar-refractivity contribution is 5.20. The van der Waals surface area contributed by atoms with Gasteiger partial charge < -0.3 is 5.11 Å². The van der Waals surface area contributed by atoms with Crippen molar-refractivity contribution in [1.82, 2.24) is 0 Å². The number of hydrogen-bond acceptors (Lipinski definition) is 1. The molecule has 0 radical (unpaired) electrons. The Labute approximate surface area is 94.1 Å². The second-order valence-corrected chi connectivity index (χ2v) is 5.03. The zero-order valence-electron chi connectivity index (χ0n) is 9.34. The summed E-state index contributed by atoms with van der Waals surface area (Å²) < 4.78 is 26.0. The van der Waals surface area contributed by atoms with Crippen molar-refractivity contribution in [3.63, 3.8) is 0 Å². The maximum atomic E-state index is 13.0. The predicted octanol–water partition coefficient (Wildman–Crippen LogP) is 3.06. The Morgan fingerprint density at radius 1 is 1.31 bits per heavy atom. The molecule has 1 aliphatic carbocycles. The van der Waals surface area contributed by atoms with Crippen LogP contribution >= 0.6 is 0 Å². The van der Waals surface area contributed by atoms with Crippen LogP contribution in [0, 0.1) is 17.6 Å². The fraction of sp³-hybridized carbons (Fsp3) is 0.538. The average molecular weight is 226 g/mol. The zero-order valence-corrected chi connectivity index (χ0v) is 9.34. The first-order valence-electron chi connectivity index (χ1n) is 5.64. The third kappa shape index (κ3) is 2.59. The Morgan fingerprint density at radius 3 is 2.44 bits per heavy atom. The van der Waals surface area contributed by atoms with Gasteiger partial charge in [-0.25, -0.2) is 8.78 Å². The van der Waals surface area contributed by atoms with E-state index in [2.05, 4.69) is 6.92 Å². The van der Waals surface area contributed by atoms with Crippen molar-refractivity contribution < 1.29 is 13.9 Å². The highest BCUT2D eigenvalue weighted by Gasteiger charge is 2.35. The molecule has 2 unspecified atom stereocenters.